The molecular weight excluding hydrogens is 212 g/mol. The summed E-state index contributed by atoms with van der Waals surface area (Å²) in [4.78, 5) is 11.0. The molecule has 1 saturated heterocycles. The molecule has 1 aliphatic heterocycles. The fourth-order valence-corrected chi connectivity index (χ4v) is 2.40. The minimum Gasteiger partial charge on any atom is -0.370 e. The van der Waals surface area contributed by atoms with Crippen LogP contribution in [0.5, 0.6) is 0 Å². The first-order valence-electron chi connectivity index (χ1n) is 6.64. The molecule has 2 rings (SSSR count). The van der Waals surface area contributed by atoms with Gasteiger partial charge in [-0.25, -0.2) is 9.97 Å². The van der Waals surface area contributed by atoms with Crippen molar-refractivity contribution in [1.29, 1.82) is 0 Å². The Hall–Kier alpha value is -1.32. The zero-order valence-corrected chi connectivity index (χ0v) is 10.8. The van der Waals surface area contributed by atoms with Gasteiger partial charge in [0, 0.05) is 25.2 Å². The second kappa shape index (κ2) is 5.84. The predicted octanol–water partition coefficient (Wildman–Crippen LogP) is 2.68. The van der Waals surface area contributed by atoms with Gasteiger partial charge in [0.1, 0.15) is 18.0 Å². The Morgan fingerprint density at radius 1 is 1.35 bits per heavy atom. The van der Waals surface area contributed by atoms with Gasteiger partial charge in [0.25, 0.3) is 0 Å². The van der Waals surface area contributed by atoms with E-state index in [0.29, 0.717) is 6.04 Å². The van der Waals surface area contributed by atoms with Gasteiger partial charge in [0.05, 0.1) is 0 Å². The van der Waals surface area contributed by atoms with E-state index in [1.165, 1.54) is 25.7 Å². The van der Waals surface area contributed by atoms with Crippen molar-refractivity contribution in [2.45, 2.75) is 45.6 Å². The van der Waals surface area contributed by atoms with Crippen LogP contribution in [-0.2, 0) is 0 Å². The summed E-state index contributed by atoms with van der Waals surface area (Å²) < 4.78 is 0. The number of anilines is 2. The Morgan fingerprint density at radius 3 is 3.06 bits per heavy atom. The van der Waals surface area contributed by atoms with E-state index < -0.39 is 0 Å². The van der Waals surface area contributed by atoms with Crippen molar-refractivity contribution in [2.75, 3.05) is 23.3 Å². The molecule has 0 spiro atoms. The fraction of sp³-hybridized carbons (Fsp3) is 0.692. The minimum absolute atomic E-state index is 0.585. The third-order valence-electron chi connectivity index (χ3n) is 3.36. The molecule has 1 aromatic rings. The zero-order valence-electron chi connectivity index (χ0n) is 10.8. The van der Waals surface area contributed by atoms with Gasteiger partial charge in [0.2, 0.25) is 0 Å². The van der Waals surface area contributed by atoms with Gasteiger partial charge in [-0.3, -0.25) is 0 Å². The van der Waals surface area contributed by atoms with Gasteiger partial charge < -0.3 is 10.2 Å². The van der Waals surface area contributed by atoms with Crippen LogP contribution in [0.25, 0.3) is 0 Å². The number of rotatable bonds is 3. The van der Waals surface area contributed by atoms with Crippen molar-refractivity contribution >= 4 is 11.6 Å². The summed E-state index contributed by atoms with van der Waals surface area (Å²) >= 11 is 0. The highest BCUT2D eigenvalue weighted by molar-refractivity contribution is 5.49. The minimum atomic E-state index is 0.585. The second-order valence-electron chi connectivity index (χ2n) is 4.68. The monoisotopic (exact) mass is 234 g/mol. The number of hydrogen-bond donors (Lipinski definition) is 1. The molecule has 1 aromatic heterocycles. The van der Waals surface area contributed by atoms with Crippen LogP contribution in [0.1, 0.15) is 39.5 Å². The molecule has 0 radical (unpaired) electrons. The van der Waals surface area contributed by atoms with E-state index >= 15 is 0 Å². The molecule has 1 N–H and O–H groups in total. The molecule has 1 atom stereocenters. The lowest BCUT2D eigenvalue weighted by Gasteiger charge is -2.28. The number of hydrogen-bond acceptors (Lipinski definition) is 4. The maximum atomic E-state index is 4.41. The Morgan fingerprint density at radius 2 is 2.24 bits per heavy atom. The second-order valence-corrected chi connectivity index (χ2v) is 4.68. The number of nitrogens with one attached hydrogen (secondary N) is 1. The molecule has 0 bridgehead atoms. The fourth-order valence-electron chi connectivity index (χ4n) is 2.40. The van der Waals surface area contributed by atoms with E-state index in [2.05, 4.69) is 40.1 Å². The quantitative estimate of drug-likeness (QED) is 0.873. The van der Waals surface area contributed by atoms with Crippen molar-refractivity contribution in [3.8, 4) is 0 Å². The summed E-state index contributed by atoms with van der Waals surface area (Å²) in [5.74, 6) is 1.99. The van der Waals surface area contributed by atoms with Crippen LogP contribution in [0.15, 0.2) is 12.4 Å². The third-order valence-corrected chi connectivity index (χ3v) is 3.36. The van der Waals surface area contributed by atoms with Crippen molar-refractivity contribution in [2.24, 2.45) is 0 Å². The molecule has 17 heavy (non-hydrogen) atoms. The topological polar surface area (TPSA) is 41.0 Å². The van der Waals surface area contributed by atoms with Crippen molar-refractivity contribution in [1.82, 2.24) is 9.97 Å². The summed E-state index contributed by atoms with van der Waals surface area (Å²) in [6, 6.07) is 2.65. The lowest BCUT2D eigenvalue weighted by Crippen LogP contribution is -2.33. The highest BCUT2D eigenvalue weighted by Gasteiger charge is 2.18. The van der Waals surface area contributed by atoms with Gasteiger partial charge >= 0.3 is 0 Å². The van der Waals surface area contributed by atoms with Crippen LogP contribution in [0.4, 0.5) is 11.6 Å². The highest BCUT2D eigenvalue weighted by Crippen LogP contribution is 2.23. The van der Waals surface area contributed by atoms with E-state index in [9.17, 15) is 0 Å². The Labute approximate surface area is 103 Å². The van der Waals surface area contributed by atoms with Crippen molar-refractivity contribution in [3.63, 3.8) is 0 Å². The SMILES string of the molecule is CCNc1cc(N2CCCCCC2C)ncn1. The molecule has 0 aliphatic carbocycles. The Kier molecular flexibility index (Phi) is 4.18. The lowest BCUT2D eigenvalue weighted by molar-refractivity contribution is 0.611. The standard InChI is InChI=1S/C13H22N4/c1-3-14-12-9-13(16-10-15-12)17-8-6-4-5-7-11(17)2/h9-11H,3-8H2,1-2H3,(H,14,15,16). The molecule has 4 nitrogen and oxygen atoms in total. The van der Waals surface area contributed by atoms with Gasteiger partial charge in [-0.15, -0.1) is 0 Å². The van der Waals surface area contributed by atoms with Crippen molar-refractivity contribution in [3.05, 3.63) is 12.4 Å². The summed E-state index contributed by atoms with van der Waals surface area (Å²) in [6.07, 6.45) is 6.87. The van der Waals surface area contributed by atoms with E-state index in [0.717, 1.165) is 24.7 Å². The molecule has 1 aliphatic rings. The van der Waals surface area contributed by atoms with Crippen molar-refractivity contribution < 1.29 is 0 Å². The first kappa shape index (κ1) is 12.1. The maximum absolute atomic E-state index is 4.41. The molecule has 1 fully saturated rings. The number of nitrogens with zero attached hydrogens (tertiary/aromatic N) is 3. The average molecular weight is 234 g/mol. The molecule has 0 saturated carbocycles. The van der Waals surface area contributed by atoms with Crippen LogP contribution < -0.4 is 10.2 Å². The van der Waals surface area contributed by atoms with E-state index in [1.807, 2.05) is 0 Å². The smallest absolute Gasteiger partial charge is 0.134 e. The number of aromatic nitrogens is 2. The van der Waals surface area contributed by atoms with Gasteiger partial charge in [-0.1, -0.05) is 12.8 Å². The van der Waals surface area contributed by atoms with Crippen LogP contribution in [0.2, 0.25) is 0 Å². The van der Waals surface area contributed by atoms with Gasteiger partial charge in [-0.2, -0.15) is 0 Å². The third kappa shape index (κ3) is 3.08. The molecule has 2 heterocycles. The van der Waals surface area contributed by atoms with E-state index in [-0.39, 0.29) is 0 Å². The predicted molar refractivity (Wildman–Crippen MR) is 71.5 cm³/mol. The van der Waals surface area contributed by atoms with E-state index in [1.54, 1.807) is 6.33 Å². The average Bonchev–Trinajstić information content (AvgIpc) is 2.55. The molecule has 0 amide bonds. The summed E-state index contributed by atoms with van der Waals surface area (Å²) in [5.41, 5.74) is 0. The summed E-state index contributed by atoms with van der Waals surface area (Å²) in [5, 5.41) is 3.24. The molecule has 1 unspecified atom stereocenters. The van der Waals surface area contributed by atoms with Crippen LogP contribution >= 0.6 is 0 Å². The molecule has 94 valence electrons. The lowest BCUT2D eigenvalue weighted by atomic mass is 10.1. The molecule has 0 aromatic carbocycles. The summed E-state index contributed by atoms with van der Waals surface area (Å²) in [6.45, 7) is 6.38. The van der Waals surface area contributed by atoms with Crippen LogP contribution in [0, 0.1) is 0 Å². The first-order valence-corrected chi connectivity index (χ1v) is 6.64. The zero-order chi connectivity index (χ0) is 12.1. The van der Waals surface area contributed by atoms with Crippen LogP contribution in [-0.4, -0.2) is 29.1 Å². The van der Waals surface area contributed by atoms with Gasteiger partial charge in [0.15, 0.2) is 0 Å². The normalized spacial score (nSPS) is 21.1. The van der Waals surface area contributed by atoms with E-state index in [4.69, 9.17) is 0 Å². The molecule has 4 heteroatoms. The molecular formula is C13H22N4. The Balaban J connectivity index is 2.16. The summed E-state index contributed by atoms with van der Waals surface area (Å²) in [7, 11) is 0. The van der Waals surface area contributed by atoms with Crippen LogP contribution in [0.3, 0.4) is 0 Å². The maximum Gasteiger partial charge on any atom is 0.134 e. The highest BCUT2D eigenvalue weighted by atomic mass is 15.2. The largest absolute Gasteiger partial charge is 0.370 e. The Bertz CT molecular complexity index is 353. The first-order chi connectivity index (χ1) is 8.31. The van der Waals surface area contributed by atoms with Gasteiger partial charge in [-0.05, 0) is 26.7 Å².